The van der Waals surface area contributed by atoms with Crippen molar-refractivity contribution in [2.75, 3.05) is 0 Å². The van der Waals surface area contributed by atoms with Crippen molar-refractivity contribution in [3.05, 3.63) is 12.2 Å². The molecule has 0 N–H and O–H groups in total. The van der Waals surface area contributed by atoms with Gasteiger partial charge < -0.3 is 0 Å². The number of carbonyl (C=O) groups is 1. The van der Waals surface area contributed by atoms with Gasteiger partial charge in [0.2, 0.25) is 0 Å². The van der Waals surface area contributed by atoms with Crippen molar-refractivity contribution in [2.24, 2.45) is 5.41 Å². The van der Waals surface area contributed by atoms with Crippen molar-refractivity contribution in [1.29, 1.82) is 0 Å². The minimum absolute atomic E-state index is 0.0369. The fraction of sp³-hybridized carbons (Fsp3) is 0.727. The van der Waals surface area contributed by atoms with E-state index in [1.807, 2.05) is 6.08 Å². The number of hydrogen-bond acceptors (Lipinski definition) is 1. The van der Waals surface area contributed by atoms with Gasteiger partial charge in [-0.15, -0.1) is 0 Å². The molecule has 1 nitrogen and oxygen atoms in total. The van der Waals surface area contributed by atoms with Gasteiger partial charge in [0, 0.05) is 5.41 Å². The first-order valence-electron chi connectivity index (χ1n) is 4.90. The Bertz CT molecular complexity index is 193. The van der Waals surface area contributed by atoms with Crippen LogP contribution in [0.15, 0.2) is 12.2 Å². The van der Waals surface area contributed by atoms with E-state index in [2.05, 4.69) is 13.8 Å². The van der Waals surface area contributed by atoms with E-state index in [9.17, 15) is 4.79 Å². The highest BCUT2D eigenvalue weighted by molar-refractivity contribution is 5.95. The summed E-state index contributed by atoms with van der Waals surface area (Å²) in [6.07, 6.45) is 9.30. The molecule has 0 saturated carbocycles. The molecule has 0 aliphatic heterocycles. The summed E-state index contributed by atoms with van der Waals surface area (Å²) in [6.45, 7) is 4.28. The van der Waals surface area contributed by atoms with Crippen LogP contribution in [-0.4, -0.2) is 5.78 Å². The van der Waals surface area contributed by atoms with Gasteiger partial charge in [-0.1, -0.05) is 32.8 Å². The van der Waals surface area contributed by atoms with E-state index in [1.54, 1.807) is 6.08 Å². The average Bonchev–Trinajstić information content (AvgIpc) is 2.07. The molecular formula is C11H18O. The Morgan fingerprint density at radius 3 is 2.92 bits per heavy atom. The molecule has 0 spiro atoms. The fourth-order valence-electron chi connectivity index (χ4n) is 1.73. The van der Waals surface area contributed by atoms with Crippen molar-refractivity contribution in [2.45, 2.75) is 46.0 Å². The van der Waals surface area contributed by atoms with Gasteiger partial charge in [0.1, 0.15) is 0 Å². The molecule has 1 rings (SSSR count). The predicted octanol–water partition coefficient (Wildman–Crippen LogP) is 3.10. The lowest BCUT2D eigenvalue weighted by atomic mass is 9.74. The van der Waals surface area contributed by atoms with Gasteiger partial charge in [-0.2, -0.15) is 0 Å². The maximum atomic E-state index is 11.5. The molecule has 1 heteroatoms. The molecule has 0 fully saturated rings. The van der Waals surface area contributed by atoms with Crippen LogP contribution in [0.3, 0.4) is 0 Å². The molecule has 0 bridgehead atoms. The molecule has 0 heterocycles. The van der Waals surface area contributed by atoms with Gasteiger partial charge in [0.05, 0.1) is 0 Å². The zero-order valence-electron chi connectivity index (χ0n) is 8.10. The molecule has 1 aliphatic rings. The van der Waals surface area contributed by atoms with Gasteiger partial charge in [-0.05, 0) is 25.3 Å². The van der Waals surface area contributed by atoms with Gasteiger partial charge in [0.25, 0.3) is 0 Å². The second kappa shape index (κ2) is 3.88. The smallest absolute Gasteiger partial charge is 0.161 e. The minimum atomic E-state index is -0.0369. The Labute approximate surface area is 74.9 Å². The van der Waals surface area contributed by atoms with E-state index >= 15 is 0 Å². The highest BCUT2D eigenvalue weighted by atomic mass is 16.1. The molecule has 0 aromatic carbocycles. The molecule has 1 unspecified atom stereocenters. The fourth-order valence-corrected chi connectivity index (χ4v) is 1.73. The lowest BCUT2D eigenvalue weighted by Gasteiger charge is -2.28. The SMILES string of the molecule is CCCCC1(C)CCC=CC1=O. The van der Waals surface area contributed by atoms with Crippen molar-refractivity contribution < 1.29 is 4.79 Å². The van der Waals surface area contributed by atoms with E-state index in [4.69, 9.17) is 0 Å². The molecule has 12 heavy (non-hydrogen) atoms. The third-order valence-corrected chi connectivity index (χ3v) is 2.81. The van der Waals surface area contributed by atoms with Crippen molar-refractivity contribution in [1.82, 2.24) is 0 Å². The molecule has 1 aliphatic carbocycles. The van der Waals surface area contributed by atoms with Gasteiger partial charge >= 0.3 is 0 Å². The summed E-state index contributed by atoms with van der Waals surface area (Å²) in [7, 11) is 0. The zero-order chi connectivity index (χ0) is 9.03. The monoisotopic (exact) mass is 166 g/mol. The summed E-state index contributed by atoms with van der Waals surface area (Å²) in [5.74, 6) is 0.335. The molecular weight excluding hydrogens is 148 g/mol. The van der Waals surface area contributed by atoms with Crippen LogP contribution in [0.5, 0.6) is 0 Å². The number of carbonyl (C=O) groups excluding carboxylic acids is 1. The summed E-state index contributed by atoms with van der Waals surface area (Å²) in [6, 6.07) is 0. The topological polar surface area (TPSA) is 17.1 Å². The molecule has 0 aromatic rings. The van der Waals surface area contributed by atoms with Gasteiger partial charge in [0.15, 0.2) is 5.78 Å². The van der Waals surface area contributed by atoms with Crippen LogP contribution in [0.4, 0.5) is 0 Å². The maximum absolute atomic E-state index is 11.5. The van der Waals surface area contributed by atoms with Crippen LogP contribution < -0.4 is 0 Å². The van der Waals surface area contributed by atoms with Crippen LogP contribution in [-0.2, 0) is 4.79 Å². The Morgan fingerprint density at radius 1 is 1.58 bits per heavy atom. The van der Waals surface area contributed by atoms with Crippen LogP contribution >= 0.6 is 0 Å². The summed E-state index contributed by atoms with van der Waals surface area (Å²) in [5, 5.41) is 0. The molecule has 68 valence electrons. The normalized spacial score (nSPS) is 29.3. The van der Waals surface area contributed by atoms with Crippen LogP contribution in [0.1, 0.15) is 46.0 Å². The van der Waals surface area contributed by atoms with Crippen molar-refractivity contribution >= 4 is 5.78 Å². The summed E-state index contributed by atoms with van der Waals surface area (Å²) in [4.78, 5) is 11.5. The summed E-state index contributed by atoms with van der Waals surface area (Å²) in [5.41, 5.74) is -0.0369. The Kier molecular flexibility index (Phi) is 3.07. The third-order valence-electron chi connectivity index (χ3n) is 2.81. The largest absolute Gasteiger partial charge is 0.294 e. The number of allylic oxidation sites excluding steroid dienone is 2. The Hall–Kier alpha value is -0.590. The van der Waals surface area contributed by atoms with Crippen LogP contribution in [0.2, 0.25) is 0 Å². The first-order valence-corrected chi connectivity index (χ1v) is 4.90. The predicted molar refractivity (Wildman–Crippen MR) is 51.0 cm³/mol. The second-order valence-corrected chi connectivity index (χ2v) is 3.97. The zero-order valence-corrected chi connectivity index (χ0v) is 8.10. The minimum Gasteiger partial charge on any atom is -0.294 e. The number of rotatable bonds is 3. The van der Waals surface area contributed by atoms with E-state index < -0.39 is 0 Å². The van der Waals surface area contributed by atoms with E-state index in [0.29, 0.717) is 5.78 Å². The summed E-state index contributed by atoms with van der Waals surface area (Å²) < 4.78 is 0. The van der Waals surface area contributed by atoms with Crippen LogP contribution in [0.25, 0.3) is 0 Å². The second-order valence-electron chi connectivity index (χ2n) is 3.97. The average molecular weight is 166 g/mol. The molecule has 0 saturated heterocycles. The highest BCUT2D eigenvalue weighted by Gasteiger charge is 2.31. The number of ketones is 1. The van der Waals surface area contributed by atoms with E-state index in [0.717, 1.165) is 19.3 Å². The maximum Gasteiger partial charge on any atom is 0.161 e. The number of hydrogen-bond donors (Lipinski definition) is 0. The first-order chi connectivity index (χ1) is 5.69. The first kappa shape index (κ1) is 9.50. The lowest BCUT2D eigenvalue weighted by Crippen LogP contribution is -2.28. The molecule has 1 atom stereocenters. The quantitative estimate of drug-likeness (QED) is 0.629. The van der Waals surface area contributed by atoms with Crippen molar-refractivity contribution in [3.8, 4) is 0 Å². The number of unbranched alkanes of at least 4 members (excludes halogenated alkanes) is 1. The molecule has 0 radical (unpaired) electrons. The third kappa shape index (κ3) is 1.96. The molecule has 0 amide bonds. The van der Waals surface area contributed by atoms with E-state index in [1.165, 1.54) is 12.8 Å². The highest BCUT2D eigenvalue weighted by Crippen LogP contribution is 2.34. The van der Waals surface area contributed by atoms with Crippen LogP contribution in [0, 0.1) is 5.41 Å². The summed E-state index contributed by atoms with van der Waals surface area (Å²) >= 11 is 0. The van der Waals surface area contributed by atoms with Gasteiger partial charge in [-0.3, -0.25) is 4.79 Å². The lowest BCUT2D eigenvalue weighted by molar-refractivity contribution is -0.124. The van der Waals surface area contributed by atoms with Gasteiger partial charge in [-0.25, -0.2) is 0 Å². The van der Waals surface area contributed by atoms with Crippen molar-refractivity contribution in [3.63, 3.8) is 0 Å². The Morgan fingerprint density at radius 2 is 2.33 bits per heavy atom. The standard InChI is InChI=1S/C11H18O/c1-3-4-8-11(2)9-6-5-7-10(11)12/h5,7H,3-4,6,8-9H2,1-2H3. The Balaban J connectivity index is 2.56. The van der Waals surface area contributed by atoms with E-state index in [-0.39, 0.29) is 5.41 Å². The molecule has 0 aromatic heterocycles.